The minimum absolute atomic E-state index is 0.00736. The van der Waals surface area contributed by atoms with Gasteiger partial charge >= 0.3 is 5.69 Å². The maximum absolute atomic E-state index is 12.2. The fraction of sp³-hybridized carbons (Fsp3) is 0.500. The Labute approximate surface area is 134 Å². The molecule has 0 spiro atoms. The van der Waals surface area contributed by atoms with E-state index in [0.717, 1.165) is 12.5 Å². The molecular formula is C16H20N2O5. The van der Waals surface area contributed by atoms with Crippen LogP contribution in [0.5, 0.6) is 5.75 Å². The Morgan fingerprint density at radius 2 is 2.04 bits per heavy atom. The quantitative estimate of drug-likeness (QED) is 0.472. The summed E-state index contributed by atoms with van der Waals surface area (Å²) < 4.78 is 5.33. The van der Waals surface area contributed by atoms with Crippen LogP contribution >= 0.6 is 0 Å². The Kier molecular flexibility index (Phi) is 5.31. The van der Waals surface area contributed by atoms with Crippen molar-refractivity contribution in [1.82, 2.24) is 4.90 Å². The molecule has 124 valence electrons. The lowest BCUT2D eigenvalue weighted by Gasteiger charge is -2.34. The molecule has 7 nitrogen and oxygen atoms in total. The standard InChI is InChI=1S/C16H20N2O5/c1-11-5-12(2)8-17(7-11)16(20)10-23-15-4-3-13(9-19)6-14(15)18(21)22/h3-4,6,9,11-12H,5,7-8,10H2,1-2H3/t11-,12-/m1/s1. The number of nitro benzene ring substituents is 1. The summed E-state index contributed by atoms with van der Waals surface area (Å²) in [6.45, 7) is 5.30. The number of carbonyl (C=O) groups is 2. The zero-order valence-electron chi connectivity index (χ0n) is 13.2. The van der Waals surface area contributed by atoms with E-state index in [9.17, 15) is 19.7 Å². The molecule has 7 heteroatoms. The average Bonchev–Trinajstić information content (AvgIpc) is 2.51. The van der Waals surface area contributed by atoms with Gasteiger partial charge < -0.3 is 9.64 Å². The molecule has 1 aromatic carbocycles. The SMILES string of the molecule is C[C@@H]1C[C@@H](C)CN(C(=O)COc2ccc(C=O)cc2[N+](=O)[O-])C1. The molecule has 1 aromatic rings. The molecule has 1 aliphatic rings. The van der Waals surface area contributed by atoms with Crippen molar-refractivity contribution in [3.05, 3.63) is 33.9 Å². The molecule has 1 heterocycles. The summed E-state index contributed by atoms with van der Waals surface area (Å²) >= 11 is 0. The molecule has 2 rings (SSSR count). The van der Waals surface area contributed by atoms with E-state index in [-0.39, 0.29) is 29.5 Å². The van der Waals surface area contributed by atoms with Gasteiger partial charge in [-0.05, 0) is 30.4 Å². The maximum atomic E-state index is 12.2. The summed E-state index contributed by atoms with van der Waals surface area (Å²) in [6, 6.07) is 3.90. The lowest BCUT2D eigenvalue weighted by atomic mass is 9.92. The van der Waals surface area contributed by atoms with Crippen molar-refractivity contribution >= 4 is 17.9 Å². The third-order valence-corrected chi connectivity index (χ3v) is 3.89. The van der Waals surface area contributed by atoms with Gasteiger partial charge in [0.25, 0.3) is 5.91 Å². The molecule has 0 bridgehead atoms. The largest absolute Gasteiger partial charge is 0.477 e. The maximum Gasteiger partial charge on any atom is 0.311 e. The van der Waals surface area contributed by atoms with Gasteiger partial charge in [0.15, 0.2) is 12.4 Å². The van der Waals surface area contributed by atoms with Gasteiger partial charge in [0.1, 0.15) is 6.29 Å². The first kappa shape index (κ1) is 16.9. The van der Waals surface area contributed by atoms with Crippen LogP contribution in [0.2, 0.25) is 0 Å². The number of amides is 1. The molecule has 0 aliphatic carbocycles. The van der Waals surface area contributed by atoms with Crippen LogP contribution in [0.1, 0.15) is 30.6 Å². The number of aldehydes is 1. The number of rotatable bonds is 5. The monoisotopic (exact) mass is 320 g/mol. The van der Waals surface area contributed by atoms with Gasteiger partial charge in [-0.15, -0.1) is 0 Å². The normalized spacial score (nSPS) is 20.9. The van der Waals surface area contributed by atoms with Crippen molar-refractivity contribution in [2.75, 3.05) is 19.7 Å². The van der Waals surface area contributed by atoms with Crippen molar-refractivity contribution < 1.29 is 19.2 Å². The van der Waals surface area contributed by atoms with E-state index in [1.54, 1.807) is 4.90 Å². The number of nitro groups is 1. The van der Waals surface area contributed by atoms with E-state index in [1.165, 1.54) is 12.1 Å². The van der Waals surface area contributed by atoms with Crippen LogP contribution in [-0.2, 0) is 4.79 Å². The first-order chi connectivity index (χ1) is 10.9. The van der Waals surface area contributed by atoms with Crippen LogP contribution in [0.15, 0.2) is 18.2 Å². The molecule has 2 atom stereocenters. The fourth-order valence-corrected chi connectivity index (χ4v) is 2.97. The predicted octanol–water partition coefficient (Wildman–Crippen LogP) is 2.29. The lowest BCUT2D eigenvalue weighted by Crippen LogP contribution is -2.44. The minimum Gasteiger partial charge on any atom is -0.477 e. The second-order valence-corrected chi connectivity index (χ2v) is 6.14. The molecule has 1 amide bonds. The van der Waals surface area contributed by atoms with Crippen molar-refractivity contribution in [3.8, 4) is 5.75 Å². The third-order valence-electron chi connectivity index (χ3n) is 3.89. The fourth-order valence-electron chi connectivity index (χ4n) is 2.97. The number of benzene rings is 1. The Balaban J connectivity index is 2.04. The minimum atomic E-state index is -0.627. The summed E-state index contributed by atoms with van der Waals surface area (Å²) in [5.74, 6) is 0.678. The van der Waals surface area contributed by atoms with Crippen LogP contribution in [0.25, 0.3) is 0 Å². The number of hydrogen-bond acceptors (Lipinski definition) is 5. The summed E-state index contributed by atoms with van der Waals surface area (Å²) in [7, 11) is 0. The third kappa shape index (κ3) is 4.28. The van der Waals surface area contributed by atoms with Gasteiger partial charge in [-0.1, -0.05) is 13.8 Å². The van der Waals surface area contributed by atoms with Crippen LogP contribution < -0.4 is 4.74 Å². The average molecular weight is 320 g/mol. The molecule has 1 saturated heterocycles. The van der Waals surface area contributed by atoms with Crippen LogP contribution in [0.3, 0.4) is 0 Å². The van der Waals surface area contributed by atoms with Gasteiger partial charge in [0, 0.05) is 24.7 Å². The summed E-state index contributed by atoms with van der Waals surface area (Å²) in [5.41, 5.74) is -0.128. The lowest BCUT2D eigenvalue weighted by molar-refractivity contribution is -0.385. The van der Waals surface area contributed by atoms with Crippen molar-refractivity contribution in [3.63, 3.8) is 0 Å². The van der Waals surface area contributed by atoms with Crippen LogP contribution in [-0.4, -0.2) is 41.7 Å². The van der Waals surface area contributed by atoms with Crippen molar-refractivity contribution in [2.24, 2.45) is 11.8 Å². The van der Waals surface area contributed by atoms with Crippen LogP contribution in [0.4, 0.5) is 5.69 Å². The van der Waals surface area contributed by atoms with E-state index in [4.69, 9.17) is 4.74 Å². The van der Waals surface area contributed by atoms with E-state index in [2.05, 4.69) is 13.8 Å². The second-order valence-electron chi connectivity index (χ2n) is 6.14. The summed E-state index contributed by atoms with van der Waals surface area (Å²) in [5, 5.41) is 11.0. The number of hydrogen-bond donors (Lipinski definition) is 0. The van der Waals surface area contributed by atoms with Gasteiger partial charge in [-0.3, -0.25) is 19.7 Å². The molecule has 0 N–H and O–H groups in total. The molecule has 1 aliphatic heterocycles. The van der Waals surface area contributed by atoms with Gasteiger partial charge in [-0.2, -0.15) is 0 Å². The Morgan fingerprint density at radius 1 is 1.39 bits per heavy atom. The van der Waals surface area contributed by atoms with E-state index >= 15 is 0 Å². The molecule has 0 radical (unpaired) electrons. The molecular weight excluding hydrogens is 300 g/mol. The first-order valence-electron chi connectivity index (χ1n) is 7.55. The molecule has 1 fully saturated rings. The number of piperidine rings is 1. The Morgan fingerprint density at radius 3 is 2.61 bits per heavy atom. The molecule has 23 heavy (non-hydrogen) atoms. The molecule has 0 unspecified atom stereocenters. The zero-order chi connectivity index (χ0) is 17.0. The van der Waals surface area contributed by atoms with E-state index < -0.39 is 4.92 Å². The first-order valence-corrected chi connectivity index (χ1v) is 7.55. The van der Waals surface area contributed by atoms with Crippen LogP contribution in [0, 0.1) is 22.0 Å². The number of likely N-dealkylation sites (tertiary alicyclic amines) is 1. The van der Waals surface area contributed by atoms with Crippen molar-refractivity contribution in [1.29, 1.82) is 0 Å². The predicted molar refractivity (Wildman–Crippen MR) is 83.5 cm³/mol. The highest BCUT2D eigenvalue weighted by Crippen LogP contribution is 2.28. The topological polar surface area (TPSA) is 89.8 Å². The van der Waals surface area contributed by atoms with Gasteiger partial charge in [0.05, 0.1) is 4.92 Å². The Hall–Kier alpha value is -2.44. The highest BCUT2D eigenvalue weighted by atomic mass is 16.6. The highest BCUT2D eigenvalue weighted by molar-refractivity contribution is 5.79. The number of nitrogens with zero attached hydrogens (tertiary/aromatic N) is 2. The molecule has 0 aromatic heterocycles. The highest BCUT2D eigenvalue weighted by Gasteiger charge is 2.26. The van der Waals surface area contributed by atoms with Gasteiger partial charge in [-0.25, -0.2) is 0 Å². The van der Waals surface area contributed by atoms with E-state index in [0.29, 0.717) is 31.2 Å². The summed E-state index contributed by atoms with van der Waals surface area (Å²) in [4.78, 5) is 35.1. The second kappa shape index (κ2) is 7.21. The number of ether oxygens (including phenoxy) is 1. The molecule has 0 saturated carbocycles. The van der Waals surface area contributed by atoms with Gasteiger partial charge in [0.2, 0.25) is 0 Å². The van der Waals surface area contributed by atoms with Crippen molar-refractivity contribution in [2.45, 2.75) is 20.3 Å². The van der Waals surface area contributed by atoms with E-state index in [1.807, 2.05) is 0 Å². The summed E-state index contributed by atoms with van der Waals surface area (Å²) in [6.07, 6.45) is 1.61. The number of carbonyl (C=O) groups excluding carboxylic acids is 2. The smallest absolute Gasteiger partial charge is 0.311 e. The Bertz CT molecular complexity index is 606. The zero-order valence-corrected chi connectivity index (χ0v) is 13.2.